The summed E-state index contributed by atoms with van der Waals surface area (Å²) in [5, 5.41) is 13.0. The van der Waals surface area contributed by atoms with E-state index in [1.54, 1.807) is 17.4 Å². The standard InChI is InChI=1S/C17H18FNOS/c1-19(11-14-7-9-21-13-14)12-16-5-6-17(18)10-15(16)4-2-3-8-20/h5-7,9-10,13,20H,3,8,11-12H2,1H3. The van der Waals surface area contributed by atoms with Gasteiger partial charge in [0.15, 0.2) is 0 Å². The number of halogens is 1. The van der Waals surface area contributed by atoms with Crippen LogP contribution in [0.15, 0.2) is 35.0 Å². The van der Waals surface area contributed by atoms with Crippen molar-refractivity contribution < 1.29 is 9.50 Å². The van der Waals surface area contributed by atoms with Gasteiger partial charge in [-0.25, -0.2) is 4.39 Å². The van der Waals surface area contributed by atoms with Crippen LogP contribution in [0.4, 0.5) is 4.39 Å². The minimum absolute atomic E-state index is 0.0235. The van der Waals surface area contributed by atoms with Crippen LogP contribution in [0.25, 0.3) is 0 Å². The van der Waals surface area contributed by atoms with Crippen LogP contribution in [0.3, 0.4) is 0 Å². The third kappa shape index (κ3) is 4.98. The van der Waals surface area contributed by atoms with Crippen molar-refractivity contribution in [1.82, 2.24) is 4.90 Å². The van der Waals surface area contributed by atoms with E-state index in [9.17, 15) is 4.39 Å². The Morgan fingerprint density at radius 1 is 1.29 bits per heavy atom. The monoisotopic (exact) mass is 303 g/mol. The summed E-state index contributed by atoms with van der Waals surface area (Å²) in [6, 6.07) is 6.80. The van der Waals surface area contributed by atoms with E-state index < -0.39 is 0 Å². The van der Waals surface area contributed by atoms with Crippen LogP contribution >= 0.6 is 11.3 Å². The lowest BCUT2D eigenvalue weighted by Crippen LogP contribution is -2.17. The van der Waals surface area contributed by atoms with Gasteiger partial charge in [0.25, 0.3) is 0 Å². The molecule has 0 atom stereocenters. The van der Waals surface area contributed by atoms with Gasteiger partial charge in [0.05, 0.1) is 6.61 Å². The Hall–Kier alpha value is -1.67. The van der Waals surface area contributed by atoms with Gasteiger partial charge in [0, 0.05) is 25.1 Å². The van der Waals surface area contributed by atoms with Crippen molar-refractivity contribution in [2.75, 3.05) is 13.7 Å². The number of hydrogen-bond acceptors (Lipinski definition) is 3. The van der Waals surface area contributed by atoms with Crippen LogP contribution in [0.5, 0.6) is 0 Å². The molecule has 0 amide bonds. The first-order valence-corrected chi connectivity index (χ1v) is 7.71. The maximum absolute atomic E-state index is 13.4. The molecule has 21 heavy (non-hydrogen) atoms. The van der Waals surface area contributed by atoms with Crippen molar-refractivity contribution >= 4 is 11.3 Å². The second-order valence-electron chi connectivity index (χ2n) is 4.88. The second-order valence-corrected chi connectivity index (χ2v) is 5.66. The molecule has 2 aromatic rings. The highest BCUT2D eigenvalue weighted by Crippen LogP contribution is 2.15. The molecule has 0 aliphatic carbocycles. The highest BCUT2D eigenvalue weighted by Gasteiger charge is 2.07. The van der Waals surface area contributed by atoms with Gasteiger partial charge in [-0.1, -0.05) is 17.9 Å². The number of aliphatic hydroxyl groups excluding tert-OH is 1. The molecule has 1 heterocycles. The molecular weight excluding hydrogens is 285 g/mol. The summed E-state index contributed by atoms with van der Waals surface area (Å²) in [5.41, 5.74) is 2.97. The fraction of sp³-hybridized carbons (Fsp3) is 0.294. The summed E-state index contributed by atoms with van der Waals surface area (Å²) in [6.07, 6.45) is 0.403. The minimum atomic E-state index is -0.285. The summed E-state index contributed by atoms with van der Waals surface area (Å²) in [4.78, 5) is 2.17. The first kappa shape index (κ1) is 15.7. The maximum Gasteiger partial charge on any atom is 0.124 e. The normalized spacial score (nSPS) is 10.5. The summed E-state index contributed by atoms with van der Waals surface area (Å²) < 4.78 is 13.4. The summed E-state index contributed by atoms with van der Waals surface area (Å²) in [6.45, 7) is 1.58. The molecule has 0 saturated carbocycles. The van der Waals surface area contributed by atoms with Crippen molar-refractivity contribution in [1.29, 1.82) is 0 Å². The number of benzene rings is 1. The summed E-state index contributed by atoms with van der Waals surface area (Å²) in [5.74, 6) is 5.51. The zero-order valence-corrected chi connectivity index (χ0v) is 12.8. The molecule has 0 radical (unpaired) electrons. The van der Waals surface area contributed by atoms with Gasteiger partial charge in [-0.3, -0.25) is 4.90 Å². The third-order valence-corrected chi connectivity index (χ3v) is 3.74. The average Bonchev–Trinajstić information content (AvgIpc) is 2.95. The number of thiophene rings is 1. The van der Waals surface area contributed by atoms with Crippen molar-refractivity contribution in [2.24, 2.45) is 0 Å². The van der Waals surface area contributed by atoms with Crippen molar-refractivity contribution in [2.45, 2.75) is 19.5 Å². The molecule has 2 nitrogen and oxygen atoms in total. The van der Waals surface area contributed by atoms with Crippen LogP contribution in [0.2, 0.25) is 0 Å². The number of aliphatic hydroxyl groups is 1. The van der Waals surface area contributed by atoms with E-state index >= 15 is 0 Å². The van der Waals surface area contributed by atoms with Crippen molar-refractivity contribution in [3.05, 3.63) is 57.5 Å². The minimum Gasteiger partial charge on any atom is -0.395 e. The van der Waals surface area contributed by atoms with Gasteiger partial charge in [0.1, 0.15) is 5.82 Å². The van der Waals surface area contributed by atoms with E-state index in [1.807, 2.05) is 7.05 Å². The Labute approximate surface area is 128 Å². The molecule has 0 fully saturated rings. The maximum atomic E-state index is 13.4. The van der Waals surface area contributed by atoms with E-state index in [0.29, 0.717) is 18.5 Å². The first-order valence-electron chi connectivity index (χ1n) is 6.77. The van der Waals surface area contributed by atoms with Crippen LogP contribution in [-0.2, 0) is 13.1 Å². The molecule has 1 N–H and O–H groups in total. The molecule has 4 heteroatoms. The Kier molecular flexibility index (Phi) is 5.94. The lowest BCUT2D eigenvalue weighted by Gasteiger charge is -2.17. The van der Waals surface area contributed by atoms with Gasteiger partial charge in [-0.2, -0.15) is 11.3 Å². The Morgan fingerprint density at radius 2 is 2.14 bits per heavy atom. The van der Waals surface area contributed by atoms with Crippen LogP contribution in [0, 0.1) is 17.7 Å². The Balaban J connectivity index is 2.10. The van der Waals surface area contributed by atoms with Gasteiger partial charge >= 0.3 is 0 Å². The van der Waals surface area contributed by atoms with Crippen LogP contribution in [-0.4, -0.2) is 23.7 Å². The average molecular weight is 303 g/mol. The van der Waals surface area contributed by atoms with Gasteiger partial charge in [0.2, 0.25) is 0 Å². The largest absolute Gasteiger partial charge is 0.395 e. The molecule has 0 unspecified atom stereocenters. The molecular formula is C17H18FNOS. The zero-order chi connectivity index (χ0) is 15.1. The van der Waals surface area contributed by atoms with E-state index in [0.717, 1.165) is 12.1 Å². The molecule has 2 rings (SSSR count). The van der Waals surface area contributed by atoms with E-state index in [-0.39, 0.29) is 12.4 Å². The molecule has 0 aliphatic rings. The summed E-state index contributed by atoms with van der Waals surface area (Å²) >= 11 is 1.68. The Bertz CT molecular complexity index is 628. The third-order valence-electron chi connectivity index (χ3n) is 3.00. The van der Waals surface area contributed by atoms with E-state index in [1.165, 1.54) is 17.7 Å². The fourth-order valence-electron chi connectivity index (χ4n) is 2.06. The van der Waals surface area contributed by atoms with Crippen LogP contribution in [0.1, 0.15) is 23.1 Å². The van der Waals surface area contributed by atoms with Gasteiger partial charge in [-0.05, 0) is 47.1 Å². The van der Waals surface area contributed by atoms with E-state index in [2.05, 4.69) is 33.6 Å². The Morgan fingerprint density at radius 3 is 2.86 bits per heavy atom. The molecule has 0 bridgehead atoms. The van der Waals surface area contributed by atoms with Crippen molar-refractivity contribution in [3.63, 3.8) is 0 Å². The SMILES string of the molecule is CN(Cc1ccsc1)Cc1ccc(F)cc1C#CCCO. The predicted octanol–water partition coefficient (Wildman–Crippen LogP) is 3.25. The lowest BCUT2D eigenvalue weighted by atomic mass is 10.1. The molecule has 1 aromatic carbocycles. The quantitative estimate of drug-likeness (QED) is 0.857. The molecule has 1 aromatic heterocycles. The topological polar surface area (TPSA) is 23.5 Å². The zero-order valence-electron chi connectivity index (χ0n) is 12.0. The number of nitrogens with zero attached hydrogens (tertiary/aromatic N) is 1. The number of hydrogen-bond donors (Lipinski definition) is 1. The highest BCUT2D eigenvalue weighted by atomic mass is 32.1. The number of rotatable bonds is 5. The second kappa shape index (κ2) is 7.94. The lowest BCUT2D eigenvalue weighted by molar-refractivity contribution is 0.305. The predicted molar refractivity (Wildman–Crippen MR) is 84.5 cm³/mol. The fourth-order valence-corrected chi connectivity index (χ4v) is 2.72. The van der Waals surface area contributed by atoms with Gasteiger partial charge in [-0.15, -0.1) is 0 Å². The molecule has 110 valence electrons. The summed E-state index contributed by atoms with van der Waals surface area (Å²) in [7, 11) is 2.03. The first-order chi connectivity index (χ1) is 10.2. The molecule has 0 saturated heterocycles. The smallest absolute Gasteiger partial charge is 0.124 e. The highest BCUT2D eigenvalue weighted by molar-refractivity contribution is 7.07. The molecule has 0 aliphatic heterocycles. The van der Waals surface area contributed by atoms with Gasteiger partial charge < -0.3 is 5.11 Å². The van der Waals surface area contributed by atoms with Crippen LogP contribution < -0.4 is 0 Å². The van der Waals surface area contributed by atoms with Crippen molar-refractivity contribution in [3.8, 4) is 11.8 Å². The van der Waals surface area contributed by atoms with E-state index in [4.69, 9.17) is 5.11 Å². The molecule has 0 spiro atoms.